The Morgan fingerprint density at radius 1 is 1.17 bits per heavy atom. The van der Waals surface area contributed by atoms with Gasteiger partial charge in [-0.05, 0) is 24.0 Å². The van der Waals surface area contributed by atoms with Crippen LogP contribution in [0.5, 0.6) is 0 Å². The molecule has 0 saturated carbocycles. The van der Waals surface area contributed by atoms with Crippen molar-refractivity contribution < 1.29 is 19.1 Å². The summed E-state index contributed by atoms with van der Waals surface area (Å²) in [5.41, 5.74) is 1.93. The number of amides is 2. The van der Waals surface area contributed by atoms with Crippen molar-refractivity contribution >= 4 is 28.7 Å². The van der Waals surface area contributed by atoms with Crippen LogP contribution in [-0.2, 0) is 25.5 Å². The number of H-pyrrole nitrogens is 1. The predicted molar refractivity (Wildman–Crippen MR) is 112 cm³/mol. The third-order valence-electron chi connectivity index (χ3n) is 4.92. The van der Waals surface area contributed by atoms with Crippen LogP contribution >= 0.6 is 0 Å². The number of nitrogens with zero attached hydrogens (tertiary/aromatic N) is 1. The molecule has 0 unspecified atom stereocenters. The molecule has 2 rings (SSSR count). The van der Waals surface area contributed by atoms with Gasteiger partial charge in [-0.2, -0.15) is 0 Å². The average Bonchev–Trinajstić information content (AvgIpc) is 3.08. The van der Waals surface area contributed by atoms with Crippen molar-refractivity contribution in [1.82, 2.24) is 15.2 Å². The minimum atomic E-state index is -0.719. The van der Waals surface area contributed by atoms with Crippen molar-refractivity contribution in [2.45, 2.75) is 39.2 Å². The molecule has 29 heavy (non-hydrogen) atoms. The van der Waals surface area contributed by atoms with Gasteiger partial charge in [-0.15, -0.1) is 0 Å². The summed E-state index contributed by atoms with van der Waals surface area (Å²) in [6.45, 7) is 3.98. The second-order valence-electron chi connectivity index (χ2n) is 7.96. The number of likely N-dealkylation sites (N-methyl/N-ethyl adjacent to an activating group) is 1. The van der Waals surface area contributed by atoms with Gasteiger partial charge in [0.15, 0.2) is 0 Å². The first-order valence-corrected chi connectivity index (χ1v) is 9.86. The van der Waals surface area contributed by atoms with Gasteiger partial charge in [0.1, 0.15) is 6.04 Å². The topological polar surface area (TPSA) is 91.5 Å². The number of nitrogens with one attached hydrogen (secondary N) is 2. The highest BCUT2D eigenvalue weighted by atomic mass is 16.5. The Kier molecular flexibility index (Phi) is 7.82. The maximum absolute atomic E-state index is 13.0. The molecular formula is C22H31N3O4. The fraction of sp³-hybridized carbons (Fsp3) is 0.500. The fourth-order valence-electron chi connectivity index (χ4n) is 3.46. The molecule has 0 bridgehead atoms. The maximum atomic E-state index is 13.0. The molecule has 0 aliphatic rings. The lowest BCUT2D eigenvalue weighted by molar-refractivity contribution is -0.145. The SMILES string of the molecule is COC(=O)C[C@@H](CC(C)C)C(=O)N[C@@H](Cc1c[nH]c2ccccc12)C(=O)N(C)C. The zero-order chi connectivity index (χ0) is 21.6. The number of carbonyl (C=O) groups excluding carboxylic acids is 3. The normalized spacial score (nSPS) is 13.2. The van der Waals surface area contributed by atoms with E-state index in [9.17, 15) is 14.4 Å². The van der Waals surface area contributed by atoms with E-state index in [-0.39, 0.29) is 24.2 Å². The molecule has 0 radical (unpaired) electrons. The van der Waals surface area contributed by atoms with Crippen LogP contribution in [0.1, 0.15) is 32.3 Å². The van der Waals surface area contributed by atoms with Gasteiger partial charge in [-0.25, -0.2) is 0 Å². The Balaban J connectivity index is 2.23. The van der Waals surface area contributed by atoms with Crippen LogP contribution < -0.4 is 5.32 Å². The van der Waals surface area contributed by atoms with E-state index in [4.69, 9.17) is 4.74 Å². The molecular weight excluding hydrogens is 370 g/mol. The number of para-hydroxylation sites is 1. The summed E-state index contributed by atoms with van der Waals surface area (Å²) in [4.78, 5) is 42.2. The maximum Gasteiger partial charge on any atom is 0.306 e. The van der Waals surface area contributed by atoms with Crippen molar-refractivity contribution in [3.05, 3.63) is 36.0 Å². The number of esters is 1. The highest BCUT2D eigenvalue weighted by Crippen LogP contribution is 2.21. The molecule has 0 fully saturated rings. The number of methoxy groups -OCH3 is 1. The van der Waals surface area contributed by atoms with Gasteiger partial charge in [-0.3, -0.25) is 14.4 Å². The molecule has 1 heterocycles. The van der Waals surface area contributed by atoms with Gasteiger partial charge in [0, 0.05) is 43.5 Å². The molecule has 2 atom stereocenters. The van der Waals surface area contributed by atoms with Crippen LogP contribution in [0.15, 0.2) is 30.5 Å². The lowest BCUT2D eigenvalue weighted by Gasteiger charge is -2.25. The smallest absolute Gasteiger partial charge is 0.306 e. The van der Waals surface area contributed by atoms with Crippen LogP contribution in [0, 0.1) is 11.8 Å². The van der Waals surface area contributed by atoms with E-state index in [1.54, 1.807) is 14.1 Å². The zero-order valence-electron chi connectivity index (χ0n) is 17.8. The summed E-state index contributed by atoms with van der Waals surface area (Å²) in [7, 11) is 4.63. The molecule has 7 heteroatoms. The second-order valence-corrected chi connectivity index (χ2v) is 7.96. The van der Waals surface area contributed by atoms with E-state index < -0.39 is 17.9 Å². The van der Waals surface area contributed by atoms with E-state index in [1.807, 2.05) is 44.3 Å². The monoisotopic (exact) mass is 401 g/mol. The molecule has 2 N–H and O–H groups in total. The number of fused-ring (bicyclic) bond motifs is 1. The van der Waals surface area contributed by atoms with Crippen molar-refractivity contribution in [3.63, 3.8) is 0 Å². The van der Waals surface area contributed by atoms with E-state index in [1.165, 1.54) is 12.0 Å². The number of hydrogen-bond donors (Lipinski definition) is 2. The third-order valence-corrected chi connectivity index (χ3v) is 4.92. The number of ether oxygens (including phenoxy) is 1. The molecule has 1 aromatic carbocycles. The summed E-state index contributed by atoms with van der Waals surface area (Å²) in [6.07, 6.45) is 2.76. The molecule has 2 amide bonds. The first-order chi connectivity index (χ1) is 13.7. The standard InChI is InChI=1S/C22H31N3O4/c1-14(2)10-15(12-20(26)29-5)21(27)24-19(22(28)25(3)4)11-16-13-23-18-9-7-6-8-17(16)18/h6-9,13-15,19,23H,10-12H2,1-5H3,(H,24,27)/t15-,19+/m1/s1. The van der Waals surface area contributed by atoms with Crippen LogP contribution in [0.25, 0.3) is 10.9 Å². The van der Waals surface area contributed by atoms with E-state index in [0.29, 0.717) is 12.8 Å². The Labute approximate surface area is 171 Å². The van der Waals surface area contributed by atoms with Crippen LogP contribution in [0.3, 0.4) is 0 Å². The summed E-state index contributed by atoms with van der Waals surface area (Å²) >= 11 is 0. The number of aromatic amines is 1. The number of hydrogen-bond acceptors (Lipinski definition) is 4. The zero-order valence-corrected chi connectivity index (χ0v) is 17.8. The van der Waals surface area contributed by atoms with Crippen molar-refractivity contribution in [1.29, 1.82) is 0 Å². The molecule has 7 nitrogen and oxygen atoms in total. The lowest BCUT2D eigenvalue weighted by Crippen LogP contribution is -2.49. The first-order valence-electron chi connectivity index (χ1n) is 9.86. The van der Waals surface area contributed by atoms with Gasteiger partial charge in [0.05, 0.1) is 13.5 Å². The predicted octanol–water partition coefficient (Wildman–Crippen LogP) is 2.51. The quantitative estimate of drug-likeness (QED) is 0.632. The summed E-state index contributed by atoms with van der Waals surface area (Å²) in [6, 6.07) is 7.12. The molecule has 0 aliphatic carbocycles. The highest BCUT2D eigenvalue weighted by molar-refractivity contribution is 5.91. The molecule has 0 spiro atoms. The van der Waals surface area contributed by atoms with Crippen LogP contribution in [0.2, 0.25) is 0 Å². The first kappa shape index (κ1) is 22.5. The summed E-state index contributed by atoms with van der Waals surface area (Å²) in [5.74, 6) is -1.23. The lowest BCUT2D eigenvalue weighted by atomic mass is 9.92. The number of benzene rings is 1. The molecule has 158 valence electrons. The minimum Gasteiger partial charge on any atom is -0.469 e. The van der Waals surface area contributed by atoms with Gasteiger partial charge in [-0.1, -0.05) is 32.0 Å². The second kappa shape index (κ2) is 10.1. The van der Waals surface area contributed by atoms with Crippen LogP contribution in [0.4, 0.5) is 0 Å². The number of rotatable bonds is 9. The Morgan fingerprint density at radius 3 is 2.48 bits per heavy atom. The Bertz CT molecular complexity index is 857. The number of aromatic nitrogens is 1. The van der Waals surface area contributed by atoms with Gasteiger partial charge >= 0.3 is 5.97 Å². The average molecular weight is 402 g/mol. The van der Waals surface area contributed by atoms with Gasteiger partial charge in [0.25, 0.3) is 0 Å². The van der Waals surface area contributed by atoms with Crippen molar-refractivity contribution in [3.8, 4) is 0 Å². The largest absolute Gasteiger partial charge is 0.469 e. The van der Waals surface area contributed by atoms with E-state index in [2.05, 4.69) is 10.3 Å². The minimum absolute atomic E-state index is 0.00350. The van der Waals surface area contributed by atoms with Gasteiger partial charge < -0.3 is 19.9 Å². The Morgan fingerprint density at radius 2 is 1.86 bits per heavy atom. The molecule has 0 aliphatic heterocycles. The molecule has 1 aromatic heterocycles. The van der Waals surface area contributed by atoms with E-state index >= 15 is 0 Å². The van der Waals surface area contributed by atoms with E-state index in [0.717, 1.165) is 16.5 Å². The fourth-order valence-corrected chi connectivity index (χ4v) is 3.46. The third kappa shape index (κ3) is 6.07. The van der Waals surface area contributed by atoms with Crippen molar-refractivity contribution in [2.24, 2.45) is 11.8 Å². The molecule has 2 aromatic rings. The molecule has 0 saturated heterocycles. The number of carbonyl (C=O) groups is 3. The summed E-state index contributed by atoms with van der Waals surface area (Å²) in [5, 5.41) is 3.90. The van der Waals surface area contributed by atoms with Gasteiger partial charge in [0.2, 0.25) is 11.8 Å². The highest BCUT2D eigenvalue weighted by Gasteiger charge is 2.29. The summed E-state index contributed by atoms with van der Waals surface area (Å²) < 4.78 is 4.74. The van der Waals surface area contributed by atoms with Crippen molar-refractivity contribution in [2.75, 3.05) is 21.2 Å². The van der Waals surface area contributed by atoms with Crippen LogP contribution in [-0.4, -0.2) is 54.9 Å². The Hall–Kier alpha value is -2.83.